The molecule has 3 rings (SSSR count). The number of carbonyl (C=O) groups excluding carboxylic acids is 2. The average molecular weight is 386 g/mol. The zero-order valence-corrected chi connectivity index (χ0v) is 15.4. The minimum Gasteiger partial charge on any atom is -0.369 e. The Bertz CT molecular complexity index is 840. The van der Waals surface area contributed by atoms with Crippen LogP contribution in [-0.4, -0.2) is 37.1 Å². The van der Waals surface area contributed by atoms with Crippen LogP contribution < -0.4 is 11.1 Å². The van der Waals surface area contributed by atoms with Crippen molar-refractivity contribution in [3.63, 3.8) is 0 Å². The second-order valence-corrected chi connectivity index (χ2v) is 8.85. The Morgan fingerprint density at radius 3 is 2.72 bits per heavy atom. The van der Waals surface area contributed by atoms with Gasteiger partial charge < -0.3 is 11.1 Å². The number of benzene rings is 1. The lowest BCUT2D eigenvalue weighted by atomic mass is 9.95. The molecule has 2 aliphatic rings. The second kappa shape index (κ2) is 6.59. The van der Waals surface area contributed by atoms with Gasteiger partial charge in [0.05, 0.1) is 10.9 Å². The van der Waals surface area contributed by atoms with Gasteiger partial charge in [0.25, 0.3) is 0 Å². The van der Waals surface area contributed by atoms with Crippen LogP contribution in [0.5, 0.6) is 0 Å². The monoisotopic (exact) mass is 385 g/mol. The summed E-state index contributed by atoms with van der Waals surface area (Å²) >= 11 is 6.24. The van der Waals surface area contributed by atoms with Crippen molar-refractivity contribution in [2.24, 2.45) is 11.7 Å². The van der Waals surface area contributed by atoms with Crippen LogP contribution in [0.25, 0.3) is 0 Å². The van der Waals surface area contributed by atoms with Gasteiger partial charge in [-0.3, -0.25) is 9.59 Å². The highest BCUT2D eigenvalue weighted by Gasteiger charge is 2.38. The van der Waals surface area contributed by atoms with Crippen LogP contribution in [-0.2, 0) is 26.0 Å². The number of carbonyl (C=O) groups is 2. The van der Waals surface area contributed by atoms with E-state index < -0.39 is 21.8 Å². The lowest BCUT2D eigenvalue weighted by Crippen LogP contribution is -2.48. The number of amides is 2. The maximum atomic E-state index is 13.1. The fraction of sp³-hybridized carbons (Fsp3) is 0.500. The first-order valence-corrected chi connectivity index (χ1v) is 9.95. The minimum atomic E-state index is -3.92. The molecule has 0 aromatic heterocycles. The third-order valence-electron chi connectivity index (χ3n) is 4.87. The van der Waals surface area contributed by atoms with Gasteiger partial charge >= 0.3 is 0 Å². The molecule has 136 valence electrons. The lowest BCUT2D eigenvalue weighted by molar-refractivity contribution is -0.123. The van der Waals surface area contributed by atoms with Gasteiger partial charge in [0.1, 0.15) is 4.90 Å². The summed E-state index contributed by atoms with van der Waals surface area (Å²) in [5.74, 6) is -1.17. The third kappa shape index (κ3) is 3.38. The average Bonchev–Trinajstić information content (AvgIpc) is 2.54. The highest BCUT2D eigenvalue weighted by atomic mass is 35.5. The second-order valence-electron chi connectivity index (χ2n) is 6.59. The number of nitrogens with two attached hydrogens (primary N) is 1. The molecule has 2 aliphatic heterocycles. The van der Waals surface area contributed by atoms with Crippen molar-refractivity contribution in [2.75, 3.05) is 11.9 Å². The molecule has 2 heterocycles. The SMILES string of the molecule is C[C@@H]1CC[C@H](C(N)=O)CN1S(=O)(=O)c1cc2c(cc1Cl)CCC(=O)N2. The van der Waals surface area contributed by atoms with E-state index in [1.54, 1.807) is 13.0 Å². The number of aryl methyl sites for hydroxylation is 1. The number of fused-ring (bicyclic) bond motifs is 1. The molecule has 1 aromatic carbocycles. The number of halogens is 1. The van der Waals surface area contributed by atoms with Gasteiger partial charge in [0, 0.05) is 24.7 Å². The molecule has 0 unspecified atom stereocenters. The third-order valence-corrected chi connectivity index (χ3v) is 7.31. The van der Waals surface area contributed by atoms with Crippen LogP contribution in [0.15, 0.2) is 17.0 Å². The zero-order chi connectivity index (χ0) is 18.4. The summed E-state index contributed by atoms with van der Waals surface area (Å²) in [7, 11) is -3.92. The topological polar surface area (TPSA) is 110 Å². The molecule has 1 aromatic rings. The molecule has 0 bridgehead atoms. The predicted octanol–water partition coefficient (Wildman–Crippen LogP) is 1.50. The molecule has 1 saturated heterocycles. The van der Waals surface area contributed by atoms with Gasteiger partial charge in [-0.1, -0.05) is 11.6 Å². The summed E-state index contributed by atoms with van der Waals surface area (Å²) < 4.78 is 27.5. The number of hydrogen-bond donors (Lipinski definition) is 2. The van der Waals surface area contributed by atoms with E-state index in [4.69, 9.17) is 17.3 Å². The van der Waals surface area contributed by atoms with Crippen LogP contribution in [0.3, 0.4) is 0 Å². The molecular formula is C16H20ClN3O4S. The van der Waals surface area contributed by atoms with Crippen LogP contribution in [0, 0.1) is 5.92 Å². The summed E-state index contributed by atoms with van der Waals surface area (Å²) in [6, 6.07) is 2.73. The number of nitrogens with zero attached hydrogens (tertiary/aromatic N) is 1. The normalized spacial score (nSPS) is 24.5. The Labute approximate surface area is 151 Å². The van der Waals surface area contributed by atoms with Crippen LogP contribution in [0.2, 0.25) is 5.02 Å². The first kappa shape index (κ1) is 18.2. The Hall–Kier alpha value is -1.64. The fourth-order valence-corrected chi connectivity index (χ4v) is 5.60. The van der Waals surface area contributed by atoms with Crippen molar-refractivity contribution in [3.05, 3.63) is 22.7 Å². The maximum Gasteiger partial charge on any atom is 0.244 e. The summed E-state index contributed by atoms with van der Waals surface area (Å²) in [5.41, 5.74) is 6.64. The number of nitrogens with one attached hydrogen (secondary N) is 1. The summed E-state index contributed by atoms with van der Waals surface area (Å²) in [6.45, 7) is 1.83. The molecule has 2 amide bonds. The molecule has 3 N–H and O–H groups in total. The van der Waals surface area contributed by atoms with Crippen molar-refractivity contribution >= 4 is 39.1 Å². The maximum absolute atomic E-state index is 13.1. The molecule has 2 atom stereocenters. The molecular weight excluding hydrogens is 366 g/mol. The smallest absolute Gasteiger partial charge is 0.244 e. The van der Waals surface area contributed by atoms with E-state index in [1.807, 2.05) is 0 Å². The first-order chi connectivity index (χ1) is 11.7. The Morgan fingerprint density at radius 1 is 1.32 bits per heavy atom. The van der Waals surface area contributed by atoms with Crippen molar-refractivity contribution in [1.29, 1.82) is 0 Å². The molecule has 0 radical (unpaired) electrons. The highest BCUT2D eigenvalue weighted by molar-refractivity contribution is 7.89. The molecule has 9 heteroatoms. The van der Waals surface area contributed by atoms with Crippen LogP contribution >= 0.6 is 11.6 Å². The van der Waals surface area contributed by atoms with Crippen LogP contribution in [0.4, 0.5) is 5.69 Å². The number of rotatable bonds is 3. The van der Waals surface area contributed by atoms with E-state index in [1.165, 1.54) is 10.4 Å². The lowest BCUT2D eigenvalue weighted by Gasteiger charge is -2.36. The Kier molecular flexibility index (Phi) is 4.78. The molecule has 0 aliphatic carbocycles. The Morgan fingerprint density at radius 2 is 2.04 bits per heavy atom. The van der Waals surface area contributed by atoms with Gasteiger partial charge in [-0.25, -0.2) is 8.42 Å². The van der Waals surface area contributed by atoms with Crippen molar-refractivity contribution in [3.8, 4) is 0 Å². The van der Waals surface area contributed by atoms with Crippen LogP contribution in [0.1, 0.15) is 31.7 Å². The summed E-state index contributed by atoms with van der Waals surface area (Å²) in [5, 5.41) is 2.80. The summed E-state index contributed by atoms with van der Waals surface area (Å²) in [4.78, 5) is 23.0. The predicted molar refractivity (Wildman–Crippen MR) is 93.7 cm³/mol. The van der Waals surface area contributed by atoms with Crippen molar-refractivity contribution in [2.45, 2.75) is 43.5 Å². The van der Waals surface area contributed by atoms with Gasteiger partial charge in [-0.2, -0.15) is 4.31 Å². The molecule has 1 fully saturated rings. The van der Waals surface area contributed by atoms with E-state index >= 15 is 0 Å². The van der Waals surface area contributed by atoms with Gasteiger partial charge in [-0.15, -0.1) is 0 Å². The van der Waals surface area contributed by atoms with E-state index in [0.717, 1.165) is 5.56 Å². The van der Waals surface area contributed by atoms with Gasteiger partial charge in [0.15, 0.2) is 0 Å². The molecule has 0 saturated carbocycles. The number of anilines is 1. The standard InChI is InChI=1S/C16H20ClN3O4S/c1-9-2-3-11(16(18)22)8-20(9)25(23,24)14-7-13-10(6-12(14)17)4-5-15(21)19-13/h6-7,9,11H,2-5,8H2,1H3,(H2,18,22)(H,19,21)/t9-,11+/m1/s1. The molecule has 25 heavy (non-hydrogen) atoms. The number of primary amides is 1. The number of sulfonamides is 1. The van der Waals surface area contributed by atoms with Crippen molar-refractivity contribution < 1.29 is 18.0 Å². The quantitative estimate of drug-likeness (QED) is 0.821. The van der Waals surface area contributed by atoms with Crippen molar-refractivity contribution in [1.82, 2.24) is 4.31 Å². The largest absolute Gasteiger partial charge is 0.369 e. The zero-order valence-electron chi connectivity index (χ0n) is 13.8. The van der Waals surface area contributed by atoms with E-state index in [9.17, 15) is 18.0 Å². The van der Waals surface area contributed by atoms with Gasteiger partial charge in [-0.05, 0) is 43.9 Å². The number of hydrogen-bond acceptors (Lipinski definition) is 4. The van der Waals surface area contributed by atoms with E-state index in [2.05, 4.69) is 5.32 Å². The fourth-order valence-electron chi connectivity index (χ4n) is 3.34. The van der Waals surface area contributed by atoms with Gasteiger partial charge in [0.2, 0.25) is 21.8 Å². The minimum absolute atomic E-state index is 0.0403. The molecule has 7 nitrogen and oxygen atoms in total. The first-order valence-electron chi connectivity index (χ1n) is 8.13. The summed E-state index contributed by atoms with van der Waals surface area (Å²) in [6.07, 6.45) is 1.98. The Balaban J connectivity index is 2.00. The van der Waals surface area contributed by atoms with E-state index in [0.29, 0.717) is 31.4 Å². The molecule has 0 spiro atoms. The number of piperidine rings is 1. The highest BCUT2D eigenvalue weighted by Crippen LogP contribution is 2.35. The van der Waals surface area contributed by atoms with E-state index in [-0.39, 0.29) is 28.4 Å².